The van der Waals surface area contributed by atoms with E-state index in [9.17, 15) is 4.79 Å². The topological polar surface area (TPSA) is 54.0 Å². The summed E-state index contributed by atoms with van der Waals surface area (Å²) in [6, 6.07) is 26.0. The molecular weight excluding hydrogens is 354 g/mol. The summed E-state index contributed by atoms with van der Waals surface area (Å²) >= 11 is 1.59. The van der Waals surface area contributed by atoms with Crippen molar-refractivity contribution in [3.8, 4) is 0 Å². The third-order valence-electron chi connectivity index (χ3n) is 4.35. The molecule has 3 aromatic carbocycles. The van der Waals surface area contributed by atoms with E-state index in [4.69, 9.17) is 0 Å². The minimum absolute atomic E-state index is 0.0424. The van der Waals surface area contributed by atoms with E-state index < -0.39 is 0 Å². The average Bonchev–Trinajstić information content (AvgIpc) is 3.18. The van der Waals surface area contributed by atoms with Gasteiger partial charge in [-0.3, -0.25) is 10.1 Å². The summed E-state index contributed by atoms with van der Waals surface area (Å²) in [7, 11) is 0. The SMILES string of the molecule is O=C(CNC(c1ccccc1)c1ccccc1)Nc1ccc2scnc2c1. The number of hydrogen-bond acceptors (Lipinski definition) is 4. The molecule has 0 radical (unpaired) electrons. The Kier molecular flexibility index (Phi) is 5.23. The van der Waals surface area contributed by atoms with E-state index >= 15 is 0 Å². The minimum atomic E-state index is -0.0820. The van der Waals surface area contributed by atoms with Crippen molar-refractivity contribution < 1.29 is 4.79 Å². The number of rotatable bonds is 6. The summed E-state index contributed by atoms with van der Waals surface area (Å²) in [5.74, 6) is -0.0820. The highest BCUT2D eigenvalue weighted by molar-refractivity contribution is 7.16. The summed E-state index contributed by atoms with van der Waals surface area (Å²) in [6.45, 7) is 0.212. The summed E-state index contributed by atoms with van der Waals surface area (Å²) in [5, 5.41) is 6.32. The first-order chi connectivity index (χ1) is 13.3. The third kappa shape index (κ3) is 4.22. The van der Waals surface area contributed by atoms with E-state index in [-0.39, 0.29) is 18.5 Å². The van der Waals surface area contributed by atoms with Crippen LogP contribution in [-0.2, 0) is 4.79 Å². The number of hydrogen-bond donors (Lipinski definition) is 2. The molecule has 5 heteroatoms. The molecule has 27 heavy (non-hydrogen) atoms. The largest absolute Gasteiger partial charge is 0.325 e. The molecule has 4 aromatic rings. The van der Waals surface area contributed by atoms with Crippen molar-refractivity contribution in [2.45, 2.75) is 6.04 Å². The number of anilines is 1. The van der Waals surface area contributed by atoms with Gasteiger partial charge in [-0.15, -0.1) is 11.3 Å². The van der Waals surface area contributed by atoms with Crippen LogP contribution in [0.25, 0.3) is 10.2 Å². The van der Waals surface area contributed by atoms with Crippen LogP contribution in [0.15, 0.2) is 84.4 Å². The zero-order valence-corrected chi connectivity index (χ0v) is 15.4. The number of benzene rings is 3. The molecule has 1 amide bonds. The maximum absolute atomic E-state index is 12.5. The Morgan fingerprint density at radius 2 is 1.59 bits per heavy atom. The van der Waals surface area contributed by atoms with E-state index in [0.29, 0.717) is 0 Å². The molecule has 0 saturated heterocycles. The standard InChI is InChI=1S/C22H19N3OS/c26-21(25-18-11-12-20-19(13-18)24-15-27-20)14-23-22(16-7-3-1-4-8-16)17-9-5-2-6-10-17/h1-13,15,22-23H,14H2,(H,25,26). The van der Waals surface area contributed by atoms with E-state index in [2.05, 4.69) is 39.9 Å². The number of fused-ring (bicyclic) bond motifs is 1. The van der Waals surface area contributed by atoms with Crippen LogP contribution in [0.5, 0.6) is 0 Å². The van der Waals surface area contributed by atoms with Crippen LogP contribution in [-0.4, -0.2) is 17.4 Å². The zero-order valence-electron chi connectivity index (χ0n) is 14.6. The van der Waals surface area contributed by atoms with Gasteiger partial charge in [-0.2, -0.15) is 0 Å². The van der Waals surface area contributed by atoms with Gasteiger partial charge in [-0.1, -0.05) is 60.7 Å². The lowest BCUT2D eigenvalue weighted by Crippen LogP contribution is -2.31. The summed E-state index contributed by atoms with van der Waals surface area (Å²) in [5.41, 5.74) is 5.72. The number of aromatic nitrogens is 1. The molecule has 0 spiro atoms. The van der Waals surface area contributed by atoms with Crippen LogP contribution in [0.2, 0.25) is 0 Å². The molecule has 0 atom stereocenters. The smallest absolute Gasteiger partial charge is 0.238 e. The molecule has 0 saturated carbocycles. The van der Waals surface area contributed by atoms with Crippen LogP contribution >= 0.6 is 11.3 Å². The van der Waals surface area contributed by atoms with Gasteiger partial charge in [-0.25, -0.2) is 4.98 Å². The summed E-state index contributed by atoms with van der Waals surface area (Å²) < 4.78 is 1.11. The van der Waals surface area contributed by atoms with Crippen LogP contribution in [0.4, 0.5) is 5.69 Å². The second-order valence-electron chi connectivity index (χ2n) is 6.22. The maximum Gasteiger partial charge on any atom is 0.238 e. The quantitative estimate of drug-likeness (QED) is 0.519. The fourth-order valence-corrected chi connectivity index (χ4v) is 3.71. The molecule has 0 bridgehead atoms. The third-order valence-corrected chi connectivity index (χ3v) is 5.16. The Hall–Kier alpha value is -3.02. The molecule has 134 valence electrons. The maximum atomic E-state index is 12.5. The number of carbonyl (C=O) groups excluding carboxylic acids is 1. The Morgan fingerprint density at radius 3 is 2.26 bits per heavy atom. The molecule has 0 fully saturated rings. The Labute approximate surface area is 161 Å². The van der Waals surface area contributed by atoms with Gasteiger partial charge in [0.1, 0.15) is 0 Å². The average molecular weight is 373 g/mol. The van der Waals surface area contributed by atoms with Gasteiger partial charge in [-0.05, 0) is 29.3 Å². The highest BCUT2D eigenvalue weighted by atomic mass is 32.1. The van der Waals surface area contributed by atoms with Gasteiger partial charge in [0.15, 0.2) is 0 Å². The number of nitrogens with one attached hydrogen (secondary N) is 2. The Bertz CT molecular complexity index is 992. The van der Waals surface area contributed by atoms with Gasteiger partial charge >= 0.3 is 0 Å². The minimum Gasteiger partial charge on any atom is -0.325 e. The predicted octanol–water partition coefficient (Wildman–Crippen LogP) is 4.61. The van der Waals surface area contributed by atoms with Gasteiger partial charge in [0.05, 0.1) is 28.3 Å². The lowest BCUT2D eigenvalue weighted by Gasteiger charge is -2.19. The first-order valence-corrected chi connectivity index (χ1v) is 9.64. The number of thiazole rings is 1. The molecule has 0 aliphatic heterocycles. The van der Waals surface area contributed by atoms with E-state index in [0.717, 1.165) is 27.0 Å². The molecule has 4 nitrogen and oxygen atoms in total. The number of nitrogens with zero attached hydrogens (tertiary/aromatic N) is 1. The van der Waals surface area contributed by atoms with Crippen molar-refractivity contribution in [2.24, 2.45) is 0 Å². The lowest BCUT2D eigenvalue weighted by atomic mass is 9.99. The first kappa shape index (κ1) is 17.4. The van der Waals surface area contributed by atoms with Crippen molar-refractivity contribution in [1.29, 1.82) is 0 Å². The molecular formula is C22H19N3OS. The normalized spacial score (nSPS) is 11.0. The van der Waals surface area contributed by atoms with Crippen molar-refractivity contribution in [3.05, 3.63) is 95.5 Å². The van der Waals surface area contributed by atoms with Crippen LogP contribution < -0.4 is 10.6 Å². The fraction of sp³-hybridized carbons (Fsp3) is 0.0909. The van der Waals surface area contributed by atoms with Crippen molar-refractivity contribution in [1.82, 2.24) is 10.3 Å². The van der Waals surface area contributed by atoms with Crippen molar-refractivity contribution >= 4 is 33.1 Å². The van der Waals surface area contributed by atoms with Crippen LogP contribution in [0.3, 0.4) is 0 Å². The second-order valence-corrected chi connectivity index (χ2v) is 7.10. The lowest BCUT2D eigenvalue weighted by molar-refractivity contribution is -0.115. The van der Waals surface area contributed by atoms with Crippen molar-refractivity contribution in [3.63, 3.8) is 0 Å². The summed E-state index contributed by atoms with van der Waals surface area (Å²) in [6.07, 6.45) is 0. The first-order valence-electron chi connectivity index (χ1n) is 8.76. The van der Waals surface area contributed by atoms with E-state index in [1.165, 1.54) is 0 Å². The summed E-state index contributed by atoms with van der Waals surface area (Å²) in [4.78, 5) is 16.8. The fourth-order valence-electron chi connectivity index (χ4n) is 3.05. The van der Waals surface area contributed by atoms with Crippen LogP contribution in [0.1, 0.15) is 17.2 Å². The van der Waals surface area contributed by atoms with E-state index in [1.807, 2.05) is 60.1 Å². The Morgan fingerprint density at radius 1 is 0.926 bits per heavy atom. The molecule has 1 heterocycles. The van der Waals surface area contributed by atoms with E-state index in [1.54, 1.807) is 11.3 Å². The van der Waals surface area contributed by atoms with Gasteiger partial charge in [0.25, 0.3) is 0 Å². The number of carbonyl (C=O) groups is 1. The number of amides is 1. The van der Waals surface area contributed by atoms with Crippen molar-refractivity contribution in [2.75, 3.05) is 11.9 Å². The molecule has 2 N–H and O–H groups in total. The monoisotopic (exact) mass is 373 g/mol. The van der Waals surface area contributed by atoms with Gasteiger partial charge in [0, 0.05) is 5.69 Å². The molecule has 1 aromatic heterocycles. The molecule has 0 aliphatic rings. The molecule has 0 unspecified atom stereocenters. The Balaban J connectivity index is 1.46. The van der Waals surface area contributed by atoms with Gasteiger partial charge in [0.2, 0.25) is 5.91 Å². The molecule has 4 rings (SSSR count). The highest BCUT2D eigenvalue weighted by Gasteiger charge is 2.14. The van der Waals surface area contributed by atoms with Gasteiger partial charge < -0.3 is 5.32 Å². The highest BCUT2D eigenvalue weighted by Crippen LogP contribution is 2.23. The predicted molar refractivity (Wildman–Crippen MR) is 111 cm³/mol. The molecule has 0 aliphatic carbocycles. The van der Waals surface area contributed by atoms with Crippen LogP contribution in [0, 0.1) is 0 Å². The second kappa shape index (κ2) is 8.12. The zero-order chi connectivity index (χ0) is 18.5.